The molecule has 0 radical (unpaired) electrons. The number of carbonyl (C=O) groups is 8. The van der Waals surface area contributed by atoms with Crippen LogP contribution in [0.25, 0.3) is 10.9 Å². The van der Waals surface area contributed by atoms with Gasteiger partial charge in [-0.2, -0.15) is 0 Å². The zero-order valence-electron chi connectivity index (χ0n) is 45.0. The third-order valence-electron chi connectivity index (χ3n) is 12.6. The van der Waals surface area contributed by atoms with Crippen molar-refractivity contribution in [1.82, 2.24) is 42.2 Å². The highest BCUT2D eigenvalue weighted by Gasteiger charge is 2.33. The lowest BCUT2D eigenvalue weighted by Gasteiger charge is -2.31. The summed E-state index contributed by atoms with van der Waals surface area (Å²) in [5.41, 5.74) is 36.3. The van der Waals surface area contributed by atoms with Crippen LogP contribution in [0, 0.1) is 0 Å². The molecular weight excluding hydrogens is 1030 g/mol. The third-order valence-corrected chi connectivity index (χ3v) is 12.6. The van der Waals surface area contributed by atoms with E-state index >= 15 is 0 Å². The molecule has 1 aromatic heterocycles. The lowest BCUT2D eigenvalue weighted by molar-refractivity contribution is -0.132. The normalized spacial score (nSPS) is 13.6. The van der Waals surface area contributed by atoms with E-state index in [0.29, 0.717) is 18.6 Å². The number of H-pyrrole nitrogens is 1. The average Bonchev–Trinajstić information content (AvgIpc) is 3.83. The molecule has 0 saturated carbocycles. The van der Waals surface area contributed by atoms with E-state index in [1.54, 1.807) is 18.3 Å². The predicted molar refractivity (Wildman–Crippen MR) is 301 cm³/mol. The number of rotatable bonds is 37. The van der Waals surface area contributed by atoms with Crippen molar-refractivity contribution in [1.29, 1.82) is 0 Å². The van der Waals surface area contributed by atoms with E-state index in [2.05, 4.69) is 52.2 Å². The number of primary amides is 2. The van der Waals surface area contributed by atoms with Crippen molar-refractivity contribution in [2.75, 3.05) is 26.2 Å². The molecule has 0 fully saturated rings. The van der Waals surface area contributed by atoms with Gasteiger partial charge in [0.2, 0.25) is 47.3 Å². The van der Waals surface area contributed by atoms with E-state index in [0.717, 1.165) is 22.0 Å². The van der Waals surface area contributed by atoms with Crippen molar-refractivity contribution in [3.05, 3.63) is 108 Å². The maximum Gasteiger partial charge on any atom is 0.243 e. The largest absolute Gasteiger partial charge is 0.376 e. The van der Waals surface area contributed by atoms with E-state index in [1.807, 2.05) is 72.8 Å². The van der Waals surface area contributed by atoms with Crippen LogP contribution in [-0.4, -0.2) is 138 Å². The first kappa shape index (κ1) is 63.9. The second kappa shape index (κ2) is 34.3. The molecule has 7 atom stereocenters. The number of aromatic amines is 1. The Kier molecular flexibility index (Phi) is 27.4. The van der Waals surface area contributed by atoms with Crippen molar-refractivity contribution in [3.63, 3.8) is 0 Å². The molecule has 0 aliphatic rings. The van der Waals surface area contributed by atoms with Gasteiger partial charge in [-0.3, -0.25) is 53.7 Å². The summed E-state index contributed by atoms with van der Waals surface area (Å²) in [6.45, 7) is 1.97. The fraction of sp³-hybridized carbons (Fsp3) is 0.444. The molecule has 0 aliphatic heterocycles. The quantitative estimate of drug-likeness (QED) is 0.0101. The Hall–Kier alpha value is -8.62. The number of guanidine groups is 2. The zero-order chi connectivity index (χ0) is 58.4. The van der Waals surface area contributed by atoms with Crippen molar-refractivity contribution < 1.29 is 48.2 Å². The molecule has 3 aromatic carbocycles. The topological polar surface area (TPSA) is 447 Å². The fourth-order valence-corrected chi connectivity index (χ4v) is 8.47. The molecule has 8 amide bonds. The first-order valence-electron chi connectivity index (χ1n) is 26.4. The maximum absolute atomic E-state index is 14.4. The molecule has 26 heteroatoms. The van der Waals surface area contributed by atoms with E-state index < -0.39 is 96.2 Å². The smallest absolute Gasteiger partial charge is 0.243 e. The van der Waals surface area contributed by atoms with Gasteiger partial charge in [-0.25, -0.2) is 0 Å². The minimum Gasteiger partial charge on any atom is -0.376 e. The molecule has 4 aromatic rings. The number of aliphatic hydroxyl groups excluding tert-OH is 1. The van der Waals surface area contributed by atoms with Crippen molar-refractivity contribution in [2.24, 2.45) is 44.4 Å². The van der Waals surface area contributed by atoms with Crippen molar-refractivity contribution in [2.45, 2.75) is 127 Å². The number of hydrogen-bond donors (Lipinski definition) is 15. The summed E-state index contributed by atoms with van der Waals surface area (Å²) >= 11 is 0. The standard InChI is InChI=1S/C54H78N16O10/c1-33(71)65-40(21-12-25-62-53(57)58)49(76)69-42(48(56)75)30-46(73)61-24-11-10-20-39(47(55)74)67-52(79)44(29-36-31-64-38-19-9-8-18-37(36)38)70-50(77)41(22-13-26-63-54(59)60)68-51(78)43(28-34-14-4-2-5-15-34)66-45(72)23-27-80-32-35-16-6-3-7-17-35/h2-9,14-19,31,39-44,50,64,70,77H,10-13,20-30,32H2,1H3,(H2,55,74)(H2,56,75)(H,61,73)(H,65,71)(H,66,72)(H,67,79)(H,68,78)(H,69,76)(H4,57,58,62)(H4,59,60,63)/t39-,40-,41-,42-,43+,44-,50?/m0/s1. The highest BCUT2D eigenvalue weighted by molar-refractivity contribution is 5.94. The average molecular weight is 1110 g/mol. The van der Waals surface area contributed by atoms with Crippen LogP contribution in [0.5, 0.6) is 0 Å². The molecule has 0 saturated heterocycles. The number of unbranched alkanes of at least 4 members (excludes halogenated alkanes) is 1. The number of aromatic nitrogens is 1. The fourth-order valence-electron chi connectivity index (χ4n) is 8.47. The van der Waals surface area contributed by atoms with E-state index in [9.17, 15) is 43.5 Å². The third kappa shape index (κ3) is 24.0. The Balaban J connectivity index is 1.45. The van der Waals surface area contributed by atoms with E-state index in [1.165, 1.54) is 6.92 Å². The van der Waals surface area contributed by atoms with Crippen molar-refractivity contribution in [3.8, 4) is 0 Å². The van der Waals surface area contributed by atoms with Gasteiger partial charge in [-0.1, -0.05) is 78.9 Å². The number of nitrogens with zero attached hydrogens (tertiary/aromatic N) is 2. The Labute approximate surface area is 464 Å². The van der Waals surface area contributed by atoms with Crippen LogP contribution in [0.3, 0.4) is 0 Å². The molecule has 80 heavy (non-hydrogen) atoms. The molecule has 0 bridgehead atoms. The number of ether oxygens (including phenoxy) is 1. The van der Waals surface area contributed by atoms with Gasteiger partial charge in [0, 0.05) is 56.5 Å². The van der Waals surface area contributed by atoms with Crippen LogP contribution < -0.4 is 71.6 Å². The van der Waals surface area contributed by atoms with Crippen molar-refractivity contribution >= 4 is 70.1 Å². The number of para-hydroxylation sites is 1. The SMILES string of the molecule is CC(=O)N[C@@H](CCCN=C(N)N)C(=O)N[C@@H](CC(=O)NCCCC[C@H](NC(=O)[C@H](Cc1c[nH]c2ccccc12)NC(O)[C@H](CCCN=C(N)N)NC(=O)[C@@H](Cc1ccccc1)NC(=O)CCOCc1ccccc1)C(N)=O)C(N)=O. The molecular formula is C54H78N16O10. The van der Waals surface area contributed by atoms with E-state index in [-0.39, 0.29) is 95.9 Å². The number of aliphatic imine (C=N–C) groups is 2. The molecule has 4 rings (SSSR count). The number of amides is 8. The van der Waals surface area contributed by atoms with Gasteiger partial charge in [-0.15, -0.1) is 0 Å². The minimum atomic E-state index is -1.61. The number of benzene rings is 3. The molecule has 26 nitrogen and oxygen atoms in total. The van der Waals surface area contributed by atoms with E-state index in [4.69, 9.17) is 39.1 Å². The summed E-state index contributed by atoms with van der Waals surface area (Å²) in [6.07, 6.45) is 1.000. The first-order valence-corrected chi connectivity index (χ1v) is 26.4. The minimum absolute atomic E-state index is 0.0157. The number of nitrogens with one attached hydrogen (secondary N) is 8. The van der Waals surface area contributed by atoms with Gasteiger partial charge in [0.15, 0.2) is 11.9 Å². The second-order valence-electron chi connectivity index (χ2n) is 19.1. The van der Waals surface area contributed by atoms with Crippen LogP contribution in [0.4, 0.5) is 0 Å². The molecule has 0 aliphatic carbocycles. The molecule has 21 N–H and O–H groups in total. The number of hydrogen-bond acceptors (Lipinski definition) is 13. The molecule has 1 heterocycles. The van der Waals surface area contributed by atoms with Crippen LogP contribution in [0.15, 0.2) is 101 Å². The molecule has 0 spiro atoms. The van der Waals surface area contributed by atoms with Crippen LogP contribution in [0.1, 0.15) is 81.4 Å². The van der Waals surface area contributed by atoms with Gasteiger partial charge in [0.1, 0.15) is 30.4 Å². The number of nitrogens with two attached hydrogens (primary N) is 6. The van der Waals surface area contributed by atoms with Gasteiger partial charge >= 0.3 is 0 Å². The summed E-state index contributed by atoms with van der Waals surface area (Å²) in [7, 11) is 0. The van der Waals surface area contributed by atoms with Gasteiger partial charge in [-0.05, 0) is 74.1 Å². The summed E-state index contributed by atoms with van der Waals surface area (Å²) in [6, 6.07) is 18.8. The molecule has 1 unspecified atom stereocenters. The summed E-state index contributed by atoms with van der Waals surface area (Å²) in [4.78, 5) is 116. The second-order valence-corrected chi connectivity index (χ2v) is 19.1. The number of carbonyl (C=O) groups excluding carboxylic acids is 8. The van der Waals surface area contributed by atoms with Gasteiger partial charge in [0.05, 0.1) is 31.7 Å². The Bertz CT molecular complexity index is 2700. The summed E-state index contributed by atoms with van der Waals surface area (Å²) in [5, 5.41) is 31.8. The number of fused-ring (bicyclic) bond motifs is 1. The predicted octanol–water partition coefficient (Wildman–Crippen LogP) is -1.97. The van der Waals surface area contributed by atoms with Gasteiger partial charge < -0.3 is 81.1 Å². The van der Waals surface area contributed by atoms with Crippen LogP contribution >= 0.6 is 0 Å². The monoisotopic (exact) mass is 1110 g/mol. The van der Waals surface area contributed by atoms with Crippen LogP contribution in [-0.2, 0) is 62.5 Å². The molecule has 434 valence electrons. The lowest BCUT2D eigenvalue weighted by atomic mass is 10.0. The Morgan fingerprint density at radius 3 is 1.80 bits per heavy atom. The number of aliphatic hydroxyl groups is 1. The van der Waals surface area contributed by atoms with Gasteiger partial charge in [0.25, 0.3) is 0 Å². The zero-order valence-corrected chi connectivity index (χ0v) is 45.0. The first-order chi connectivity index (χ1) is 38.3. The maximum atomic E-state index is 14.4. The summed E-state index contributed by atoms with van der Waals surface area (Å²) < 4.78 is 5.72. The Morgan fingerprint density at radius 1 is 0.588 bits per heavy atom. The lowest BCUT2D eigenvalue weighted by Crippen LogP contribution is -2.60. The highest BCUT2D eigenvalue weighted by Crippen LogP contribution is 2.20. The van der Waals surface area contributed by atoms with Crippen LogP contribution in [0.2, 0.25) is 0 Å². The Morgan fingerprint density at radius 2 is 1.16 bits per heavy atom. The summed E-state index contributed by atoms with van der Waals surface area (Å²) in [5.74, 6) is -5.82. The highest BCUT2D eigenvalue weighted by atomic mass is 16.5.